The molecular formula is C27H20F2N8O. The fourth-order valence-electron chi connectivity index (χ4n) is 4.20. The summed E-state index contributed by atoms with van der Waals surface area (Å²) in [5.41, 5.74) is 3.22. The molecule has 0 fully saturated rings. The van der Waals surface area contributed by atoms with Gasteiger partial charge in [-0.2, -0.15) is 5.10 Å². The Balaban J connectivity index is 1.46. The molecule has 0 saturated heterocycles. The Bertz CT molecular complexity index is 1840. The van der Waals surface area contributed by atoms with Crippen molar-refractivity contribution in [1.82, 2.24) is 35.1 Å². The fraction of sp³-hybridized carbons (Fsp3) is 0.111. The van der Waals surface area contributed by atoms with Crippen LogP contribution in [-0.4, -0.2) is 41.0 Å². The molecule has 1 amide bonds. The largest absolute Gasteiger partial charge is 0.335 e. The number of H-pyrrole nitrogens is 2. The first kappa shape index (κ1) is 23.3. The highest BCUT2D eigenvalue weighted by atomic mass is 19.1. The molecule has 188 valence electrons. The van der Waals surface area contributed by atoms with Crippen LogP contribution in [0.2, 0.25) is 0 Å². The highest BCUT2D eigenvalue weighted by molar-refractivity contribution is 5.97. The number of hydrogen-bond acceptors (Lipinski definition) is 6. The quantitative estimate of drug-likeness (QED) is 0.281. The number of aromatic nitrogens is 7. The Morgan fingerprint density at radius 3 is 2.66 bits per heavy atom. The normalized spacial score (nSPS) is 11.5. The number of imidazole rings is 1. The number of amides is 1. The van der Waals surface area contributed by atoms with Crippen molar-refractivity contribution in [1.29, 1.82) is 0 Å². The second-order valence-corrected chi connectivity index (χ2v) is 9.01. The molecule has 6 aromatic rings. The van der Waals surface area contributed by atoms with E-state index >= 15 is 4.39 Å². The van der Waals surface area contributed by atoms with Gasteiger partial charge in [-0.05, 0) is 18.2 Å². The SMILES string of the molecule is CC(C)C(=O)Nc1cncc(-c2ncc3[nH]nc(-c4nc5nccc(-c6ccccc6F)c5[nH]4)c3c2F)c1. The summed E-state index contributed by atoms with van der Waals surface area (Å²) in [6.45, 7) is 3.55. The summed E-state index contributed by atoms with van der Waals surface area (Å²) in [5, 5.41) is 9.99. The Hall–Kier alpha value is -5.06. The number of rotatable bonds is 5. The molecule has 1 aromatic carbocycles. The molecule has 5 heterocycles. The number of pyridine rings is 3. The third-order valence-electron chi connectivity index (χ3n) is 6.13. The van der Waals surface area contributed by atoms with Crippen LogP contribution in [0.1, 0.15) is 13.8 Å². The van der Waals surface area contributed by atoms with Gasteiger partial charge in [-0.3, -0.25) is 19.9 Å². The minimum Gasteiger partial charge on any atom is -0.335 e. The standard InChI is InChI=1S/C27H20F2N8O/c1-13(2)27(38)33-15-9-14(10-30-11-15)22-21(29)20-19(12-32-22)36-37-24(20)26-34-23-17(7-8-31-25(23)35-26)16-5-3-4-6-18(16)28/h3-13H,1-2H3,(H,33,38)(H,36,37)(H,31,34,35). The van der Waals surface area contributed by atoms with Crippen molar-refractivity contribution in [3.8, 4) is 33.9 Å². The van der Waals surface area contributed by atoms with Crippen LogP contribution in [0, 0.1) is 17.6 Å². The molecule has 0 aliphatic heterocycles. The van der Waals surface area contributed by atoms with E-state index in [0.717, 1.165) is 0 Å². The van der Waals surface area contributed by atoms with Gasteiger partial charge < -0.3 is 10.3 Å². The van der Waals surface area contributed by atoms with Crippen molar-refractivity contribution in [3.05, 3.63) is 72.8 Å². The average molecular weight is 511 g/mol. The van der Waals surface area contributed by atoms with Gasteiger partial charge in [0.1, 0.15) is 17.2 Å². The molecule has 0 saturated carbocycles. The minimum atomic E-state index is -0.636. The van der Waals surface area contributed by atoms with Crippen LogP contribution in [-0.2, 0) is 4.79 Å². The molecule has 0 atom stereocenters. The zero-order valence-corrected chi connectivity index (χ0v) is 20.3. The summed E-state index contributed by atoms with van der Waals surface area (Å²) in [7, 11) is 0. The monoisotopic (exact) mass is 510 g/mol. The predicted octanol–water partition coefficient (Wildman–Crippen LogP) is 5.50. The van der Waals surface area contributed by atoms with Gasteiger partial charge in [-0.1, -0.05) is 32.0 Å². The molecule has 3 N–H and O–H groups in total. The molecule has 0 aliphatic rings. The first-order valence-corrected chi connectivity index (χ1v) is 11.8. The van der Waals surface area contributed by atoms with Gasteiger partial charge in [0.05, 0.1) is 34.5 Å². The van der Waals surface area contributed by atoms with Crippen LogP contribution in [0.4, 0.5) is 14.5 Å². The van der Waals surface area contributed by atoms with E-state index in [1.54, 1.807) is 44.2 Å². The van der Waals surface area contributed by atoms with E-state index < -0.39 is 5.82 Å². The number of hydrogen-bond donors (Lipinski definition) is 3. The van der Waals surface area contributed by atoms with Gasteiger partial charge in [0.15, 0.2) is 17.3 Å². The number of aromatic amines is 2. The summed E-state index contributed by atoms with van der Waals surface area (Å²) in [4.78, 5) is 32.4. The van der Waals surface area contributed by atoms with Crippen molar-refractivity contribution in [2.75, 3.05) is 5.32 Å². The van der Waals surface area contributed by atoms with Crippen molar-refractivity contribution < 1.29 is 13.6 Å². The topological polar surface area (TPSA) is 125 Å². The van der Waals surface area contributed by atoms with Crippen molar-refractivity contribution in [2.45, 2.75) is 13.8 Å². The van der Waals surface area contributed by atoms with Crippen molar-refractivity contribution >= 4 is 33.7 Å². The summed E-state index contributed by atoms with van der Waals surface area (Å²) in [5.74, 6) is -1.17. The summed E-state index contributed by atoms with van der Waals surface area (Å²) < 4.78 is 30.5. The lowest BCUT2D eigenvalue weighted by atomic mass is 10.1. The highest BCUT2D eigenvalue weighted by Crippen LogP contribution is 2.34. The molecule has 0 spiro atoms. The van der Waals surface area contributed by atoms with Crippen LogP contribution in [0.5, 0.6) is 0 Å². The smallest absolute Gasteiger partial charge is 0.226 e. The molecule has 38 heavy (non-hydrogen) atoms. The molecular weight excluding hydrogens is 490 g/mol. The second kappa shape index (κ2) is 9.11. The predicted molar refractivity (Wildman–Crippen MR) is 139 cm³/mol. The van der Waals surface area contributed by atoms with Crippen molar-refractivity contribution in [2.24, 2.45) is 5.92 Å². The van der Waals surface area contributed by atoms with Gasteiger partial charge in [0.2, 0.25) is 5.91 Å². The molecule has 0 radical (unpaired) electrons. The van der Waals surface area contributed by atoms with E-state index in [-0.39, 0.29) is 40.2 Å². The van der Waals surface area contributed by atoms with Crippen LogP contribution >= 0.6 is 0 Å². The van der Waals surface area contributed by atoms with E-state index in [4.69, 9.17) is 0 Å². The van der Waals surface area contributed by atoms with E-state index in [2.05, 4.69) is 40.4 Å². The first-order valence-electron chi connectivity index (χ1n) is 11.8. The Kier molecular flexibility index (Phi) is 5.60. The molecule has 6 rings (SSSR count). The molecule has 9 nitrogen and oxygen atoms in total. The van der Waals surface area contributed by atoms with Crippen LogP contribution < -0.4 is 5.32 Å². The minimum absolute atomic E-state index is 0.0366. The average Bonchev–Trinajstić information content (AvgIpc) is 3.54. The molecule has 0 unspecified atom stereocenters. The Morgan fingerprint density at radius 1 is 1.00 bits per heavy atom. The Morgan fingerprint density at radius 2 is 1.84 bits per heavy atom. The number of anilines is 1. The summed E-state index contributed by atoms with van der Waals surface area (Å²) in [6, 6.07) is 9.69. The number of nitrogens with one attached hydrogen (secondary N) is 3. The second-order valence-electron chi connectivity index (χ2n) is 9.01. The van der Waals surface area contributed by atoms with Gasteiger partial charge in [0.25, 0.3) is 0 Å². The van der Waals surface area contributed by atoms with Gasteiger partial charge >= 0.3 is 0 Å². The zero-order valence-electron chi connectivity index (χ0n) is 20.3. The number of benzene rings is 1. The number of carbonyl (C=O) groups excluding carboxylic acids is 1. The molecule has 5 aromatic heterocycles. The van der Waals surface area contributed by atoms with Gasteiger partial charge in [-0.15, -0.1) is 0 Å². The Labute approximate surface area is 214 Å². The lowest BCUT2D eigenvalue weighted by Crippen LogP contribution is -2.17. The molecule has 0 bridgehead atoms. The number of fused-ring (bicyclic) bond motifs is 2. The zero-order chi connectivity index (χ0) is 26.4. The van der Waals surface area contributed by atoms with E-state index in [9.17, 15) is 9.18 Å². The van der Waals surface area contributed by atoms with Gasteiger partial charge in [0, 0.05) is 35.0 Å². The van der Waals surface area contributed by atoms with Gasteiger partial charge in [-0.25, -0.2) is 18.7 Å². The first-order chi connectivity index (χ1) is 18.4. The maximum atomic E-state index is 16.0. The summed E-state index contributed by atoms with van der Waals surface area (Å²) in [6.07, 6.45) is 5.96. The maximum Gasteiger partial charge on any atom is 0.226 e. The lowest BCUT2D eigenvalue weighted by molar-refractivity contribution is -0.118. The third kappa shape index (κ3) is 3.94. The molecule has 0 aliphatic carbocycles. The van der Waals surface area contributed by atoms with Crippen LogP contribution in [0.15, 0.2) is 61.2 Å². The fourth-order valence-corrected chi connectivity index (χ4v) is 4.20. The number of carbonyl (C=O) groups is 1. The molecule has 11 heteroatoms. The van der Waals surface area contributed by atoms with E-state index in [1.165, 1.54) is 30.9 Å². The van der Waals surface area contributed by atoms with Crippen molar-refractivity contribution in [3.63, 3.8) is 0 Å². The third-order valence-corrected chi connectivity index (χ3v) is 6.13. The maximum absolute atomic E-state index is 16.0. The van der Waals surface area contributed by atoms with E-state index in [0.29, 0.717) is 39.1 Å². The number of nitrogens with zero attached hydrogens (tertiary/aromatic N) is 5. The van der Waals surface area contributed by atoms with E-state index in [1.807, 2.05) is 0 Å². The number of halogens is 2. The lowest BCUT2D eigenvalue weighted by Gasteiger charge is -2.09. The van der Waals surface area contributed by atoms with Crippen LogP contribution in [0.25, 0.3) is 56.0 Å². The van der Waals surface area contributed by atoms with Crippen LogP contribution in [0.3, 0.4) is 0 Å². The highest BCUT2D eigenvalue weighted by Gasteiger charge is 2.22. The summed E-state index contributed by atoms with van der Waals surface area (Å²) >= 11 is 0.